The average Bonchev–Trinajstić information content (AvgIpc) is 2.48. The van der Waals surface area contributed by atoms with Gasteiger partial charge in [-0.15, -0.1) is 0 Å². The van der Waals surface area contributed by atoms with E-state index < -0.39 is 5.97 Å². The van der Waals surface area contributed by atoms with Gasteiger partial charge in [0.2, 0.25) is 0 Å². The van der Waals surface area contributed by atoms with Crippen molar-refractivity contribution >= 4 is 5.97 Å². The summed E-state index contributed by atoms with van der Waals surface area (Å²) in [6.45, 7) is 1.63. The van der Waals surface area contributed by atoms with Gasteiger partial charge in [-0.25, -0.2) is 4.79 Å². The predicted octanol–water partition coefficient (Wildman–Crippen LogP) is 4.32. The van der Waals surface area contributed by atoms with E-state index in [1.165, 1.54) is 16.7 Å². The fourth-order valence-corrected chi connectivity index (χ4v) is 2.04. The normalized spacial score (nSPS) is 11.3. The van der Waals surface area contributed by atoms with Crippen LogP contribution in [0.4, 0.5) is 0 Å². The second-order valence-corrected chi connectivity index (χ2v) is 4.79. The van der Waals surface area contributed by atoms with Crippen LogP contribution in [0.1, 0.15) is 18.9 Å². The molecule has 0 radical (unpaired) electrons. The van der Waals surface area contributed by atoms with E-state index in [2.05, 4.69) is 36.4 Å². The zero-order chi connectivity index (χ0) is 14.4. The van der Waals surface area contributed by atoms with Crippen molar-refractivity contribution in [3.63, 3.8) is 0 Å². The van der Waals surface area contributed by atoms with E-state index in [-0.39, 0.29) is 0 Å². The molecule has 1 N–H and O–H groups in total. The summed E-state index contributed by atoms with van der Waals surface area (Å²) >= 11 is 0. The Morgan fingerprint density at radius 2 is 1.60 bits per heavy atom. The van der Waals surface area contributed by atoms with Crippen LogP contribution in [0.3, 0.4) is 0 Å². The summed E-state index contributed by atoms with van der Waals surface area (Å²) in [6.07, 6.45) is 3.38. The Morgan fingerprint density at radius 3 is 2.20 bits per heavy atom. The number of rotatable bonds is 5. The van der Waals surface area contributed by atoms with Crippen molar-refractivity contribution in [2.45, 2.75) is 19.8 Å². The highest BCUT2D eigenvalue weighted by molar-refractivity contribution is 5.85. The minimum absolute atomic E-state index is 0.408. The van der Waals surface area contributed by atoms with Crippen LogP contribution in [0, 0.1) is 0 Å². The van der Waals surface area contributed by atoms with Gasteiger partial charge in [-0.1, -0.05) is 60.7 Å². The van der Waals surface area contributed by atoms with Crippen molar-refractivity contribution in [2.75, 3.05) is 0 Å². The van der Waals surface area contributed by atoms with Crippen molar-refractivity contribution < 1.29 is 9.90 Å². The van der Waals surface area contributed by atoms with Gasteiger partial charge in [-0.2, -0.15) is 0 Å². The molecular weight excluding hydrogens is 248 g/mol. The van der Waals surface area contributed by atoms with Crippen LogP contribution < -0.4 is 0 Å². The Morgan fingerprint density at radius 1 is 1.00 bits per heavy atom. The quantitative estimate of drug-likeness (QED) is 0.818. The minimum atomic E-state index is -0.843. The van der Waals surface area contributed by atoms with E-state index in [0.29, 0.717) is 5.57 Å². The zero-order valence-electron chi connectivity index (χ0n) is 11.5. The lowest BCUT2D eigenvalue weighted by molar-refractivity contribution is -0.132. The third-order valence-corrected chi connectivity index (χ3v) is 3.28. The number of carboxylic acids is 1. The van der Waals surface area contributed by atoms with Gasteiger partial charge in [0, 0.05) is 5.57 Å². The van der Waals surface area contributed by atoms with Crippen molar-refractivity contribution in [1.82, 2.24) is 0 Å². The van der Waals surface area contributed by atoms with Gasteiger partial charge in [0.15, 0.2) is 0 Å². The van der Waals surface area contributed by atoms with E-state index in [0.717, 1.165) is 12.8 Å². The van der Waals surface area contributed by atoms with Gasteiger partial charge >= 0.3 is 5.97 Å². The molecule has 0 atom stereocenters. The summed E-state index contributed by atoms with van der Waals surface area (Å²) < 4.78 is 0. The lowest BCUT2D eigenvalue weighted by Gasteiger charge is -2.03. The van der Waals surface area contributed by atoms with E-state index in [1.807, 2.05) is 18.2 Å². The van der Waals surface area contributed by atoms with Crippen molar-refractivity contribution in [3.8, 4) is 11.1 Å². The highest BCUT2D eigenvalue weighted by Gasteiger charge is 2.00. The molecule has 0 spiro atoms. The molecule has 2 aromatic rings. The number of allylic oxidation sites excluding steroid dienone is 1. The fraction of sp³-hybridized carbons (Fsp3) is 0.167. The Kier molecular flexibility index (Phi) is 4.72. The van der Waals surface area contributed by atoms with Crippen molar-refractivity contribution in [2.24, 2.45) is 0 Å². The molecule has 0 aromatic heterocycles. The SMILES string of the molecule is C/C(=C\CCc1ccc(-c2ccccc2)cc1)C(=O)O. The van der Waals surface area contributed by atoms with E-state index in [1.54, 1.807) is 13.0 Å². The van der Waals surface area contributed by atoms with Crippen molar-refractivity contribution in [3.05, 3.63) is 71.8 Å². The Bertz CT molecular complexity index is 595. The third kappa shape index (κ3) is 3.82. The molecule has 0 aliphatic heterocycles. The molecule has 102 valence electrons. The van der Waals surface area contributed by atoms with Gasteiger partial charge in [0.1, 0.15) is 0 Å². The summed E-state index contributed by atoms with van der Waals surface area (Å²) in [7, 11) is 0. The van der Waals surface area contributed by atoms with E-state index >= 15 is 0 Å². The van der Waals surface area contributed by atoms with Gasteiger partial charge < -0.3 is 5.11 Å². The molecule has 0 saturated carbocycles. The third-order valence-electron chi connectivity index (χ3n) is 3.28. The fourth-order valence-electron chi connectivity index (χ4n) is 2.04. The molecule has 0 heterocycles. The molecule has 0 saturated heterocycles. The van der Waals surface area contributed by atoms with Gasteiger partial charge in [-0.05, 0) is 36.5 Å². The summed E-state index contributed by atoms with van der Waals surface area (Å²) in [5, 5.41) is 8.77. The van der Waals surface area contributed by atoms with Crippen LogP contribution in [0.2, 0.25) is 0 Å². The number of aliphatic carboxylic acids is 1. The first-order valence-corrected chi connectivity index (χ1v) is 6.71. The molecule has 0 bridgehead atoms. The summed E-state index contributed by atoms with van der Waals surface area (Å²) in [6, 6.07) is 18.7. The standard InChI is InChI=1S/C18H18O2/c1-14(18(19)20)6-5-7-15-10-12-17(13-11-15)16-8-3-2-4-9-16/h2-4,6,8-13H,5,7H2,1H3,(H,19,20)/b14-6+. The molecule has 2 aromatic carbocycles. The van der Waals surface area contributed by atoms with Crippen LogP contribution in [0.5, 0.6) is 0 Å². The van der Waals surface area contributed by atoms with Crippen LogP contribution in [-0.4, -0.2) is 11.1 Å². The average molecular weight is 266 g/mol. The summed E-state index contributed by atoms with van der Waals surface area (Å²) in [5.41, 5.74) is 4.04. The topological polar surface area (TPSA) is 37.3 Å². The van der Waals surface area contributed by atoms with Gasteiger partial charge in [0.05, 0.1) is 0 Å². The number of hydrogen-bond donors (Lipinski definition) is 1. The van der Waals surface area contributed by atoms with Crippen molar-refractivity contribution in [1.29, 1.82) is 0 Å². The second kappa shape index (κ2) is 6.71. The summed E-state index contributed by atoms with van der Waals surface area (Å²) in [4.78, 5) is 10.7. The number of carbonyl (C=O) groups is 1. The van der Waals surface area contributed by atoms with Crippen LogP contribution in [0.25, 0.3) is 11.1 Å². The molecule has 2 heteroatoms. The highest BCUT2D eigenvalue weighted by atomic mass is 16.4. The predicted molar refractivity (Wildman–Crippen MR) is 81.6 cm³/mol. The Hall–Kier alpha value is -2.35. The molecule has 20 heavy (non-hydrogen) atoms. The molecule has 0 aliphatic carbocycles. The Labute approximate surface area is 119 Å². The first-order chi connectivity index (χ1) is 9.66. The lowest BCUT2D eigenvalue weighted by Crippen LogP contribution is -1.96. The first-order valence-electron chi connectivity index (χ1n) is 6.71. The smallest absolute Gasteiger partial charge is 0.330 e. The zero-order valence-corrected chi connectivity index (χ0v) is 11.5. The molecule has 0 fully saturated rings. The van der Waals surface area contributed by atoms with Crippen LogP contribution in [0.15, 0.2) is 66.2 Å². The largest absolute Gasteiger partial charge is 0.478 e. The molecular formula is C18H18O2. The summed E-state index contributed by atoms with van der Waals surface area (Å²) in [5.74, 6) is -0.843. The molecule has 2 rings (SSSR count). The molecule has 0 aliphatic rings. The maximum absolute atomic E-state index is 10.7. The van der Waals surface area contributed by atoms with Crippen LogP contribution >= 0.6 is 0 Å². The number of aryl methyl sites for hydroxylation is 1. The second-order valence-electron chi connectivity index (χ2n) is 4.79. The maximum atomic E-state index is 10.7. The van der Waals surface area contributed by atoms with Gasteiger partial charge in [0.25, 0.3) is 0 Å². The number of benzene rings is 2. The number of carboxylic acid groups (broad SMARTS) is 1. The molecule has 0 amide bonds. The Balaban J connectivity index is 1.99. The molecule has 0 unspecified atom stereocenters. The molecule has 2 nitrogen and oxygen atoms in total. The van der Waals surface area contributed by atoms with Gasteiger partial charge in [-0.3, -0.25) is 0 Å². The minimum Gasteiger partial charge on any atom is -0.478 e. The van der Waals surface area contributed by atoms with Crippen LogP contribution in [-0.2, 0) is 11.2 Å². The number of hydrogen-bond acceptors (Lipinski definition) is 1. The van der Waals surface area contributed by atoms with E-state index in [9.17, 15) is 4.79 Å². The maximum Gasteiger partial charge on any atom is 0.330 e. The lowest BCUT2D eigenvalue weighted by atomic mass is 10.0. The highest BCUT2D eigenvalue weighted by Crippen LogP contribution is 2.19. The van der Waals surface area contributed by atoms with E-state index in [4.69, 9.17) is 5.11 Å². The first kappa shape index (κ1) is 14.1. The monoisotopic (exact) mass is 266 g/mol.